The third kappa shape index (κ3) is 3.56. The Labute approximate surface area is 134 Å². The first-order valence-electron chi connectivity index (χ1n) is 7.42. The summed E-state index contributed by atoms with van der Waals surface area (Å²) in [6.07, 6.45) is 0. The minimum Gasteiger partial charge on any atom is -0.465 e. The van der Waals surface area contributed by atoms with Gasteiger partial charge in [-0.3, -0.25) is 14.4 Å². The number of nitrogens with zero attached hydrogens (tertiary/aromatic N) is 1. The molecule has 0 spiro atoms. The van der Waals surface area contributed by atoms with Gasteiger partial charge in [0.2, 0.25) is 0 Å². The van der Waals surface area contributed by atoms with E-state index in [9.17, 15) is 14.4 Å². The number of aryl methyl sites for hydroxylation is 1. The van der Waals surface area contributed by atoms with Crippen molar-refractivity contribution >= 4 is 11.8 Å². The topological polar surface area (TPSA) is 65.4 Å². The molecular formula is C18H19NO4. The van der Waals surface area contributed by atoms with Crippen molar-refractivity contribution in [2.45, 2.75) is 27.3 Å². The van der Waals surface area contributed by atoms with Crippen molar-refractivity contribution in [2.24, 2.45) is 0 Å². The van der Waals surface area contributed by atoms with Crippen LogP contribution >= 0.6 is 0 Å². The second-order valence-corrected chi connectivity index (χ2v) is 5.19. The molecule has 0 saturated heterocycles. The van der Waals surface area contributed by atoms with E-state index >= 15 is 0 Å². The Morgan fingerprint density at radius 2 is 1.83 bits per heavy atom. The van der Waals surface area contributed by atoms with Gasteiger partial charge in [-0.05, 0) is 38.0 Å². The lowest BCUT2D eigenvalue weighted by molar-refractivity contribution is -0.143. The molecule has 0 bridgehead atoms. The summed E-state index contributed by atoms with van der Waals surface area (Å²) in [5, 5.41) is 0. The van der Waals surface area contributed by atoms with E-state index in [1.54, 1.807) is 19.9 Å². The van der Waals surface area contributed by atoms with Crippen molar-refractivity contribution in [3.8, 4) is 11.1 Å². The lowest BCUT2D eigenvalue weighted by Gasteiger charge is -2.14. The fourth-order valence-corrected chi connectivity index (χ4v) is 2.49. The van der Waals surface area contributed by atoms with E-state index in [0.717, 1.165) is 5.56 Å². The first-order valence-corrected chi connectivity index (χ1v) is 7.42. The zero-order chi connectivity index (χ0) is 17.0. The number of ether oxygens (including phenoxy) is 1. The van der Waals surface area contributed by atoms with E-state index in [0.29, 0.717) is 11.3 Å². The van der Waals surface area contributed by atoms with Gasteiger partial charge >= 0.3 is 5.97 Å². The lowest BCUT2D eigenvalue weighted by atomic mass is 9.98. The van der Waals surface area contributed by atoms with Crippen molar-refractivity contribution in [1.29, 1.82) is 0 Å². The van der Waals surface area contributed by atoms with E-state index in [1.165, 1.54) is 11.5 Å². The fraction of sp³-hybridized carbons (Fsp3) is 0.278. The van der Waals surface area contributed by atoms with Gasteiger partial charge in [-0.1, -0.05) is 30.3 Å². The predicted octanol–water partition coefficient (Wildman–Crippen LogP) is 2.59. The van der Waals surface area contributed by atoms with Crippen LogP contribution in [0.25, 0.3) is 11.1 Å². The second-order valence-electron chi connectivity index (χ2n) is 5.19. The lowest BCUT2D eigenvalue weighted by Crippen LogP contribution is -2.31. The molecule has 0 aliphatic carbocycles. The van der Waals surface area contributed by atoms with Crippen LogP contribution in [-0.4, -0.2) is 22.9 Å². The molecule has 2 aromatic rings. The number of esters is 1. The van der Waals surface area contributed by atoms with Crippen molar-refractivity contribution in [3.05, 3.63) is 58.0 Å². The number of hydrogen-bond donors (Lipinski definition) is 0. The third-order valence-corrected chi connectivity index (χ3v) is 3.54. The summed E-state index contributed by atoms with van der Waals surface area (Å²) in [6.45, 7) is 4.83. The van der Waals surface area contributed by atoms with Crippen LogP contribution in [0.4, 0.5) is 0 Å². The van der Waals surface area contributed by atoms with Crippen LogP contribution in [0, 0.1) is 6.92 Å². The van der Waals surface area contributed by atoms with E-state index in [1.807, 2.05) is 30.3 Å². The Kier molecular flexibility index (Phi) is 5.11. The fourth-order valence-electron chi connectivity index (χ4n) is 2.49. The predicted molar refractivity (Wildman–Crippen MR) is 87.5 cm³/mol. The third-order valence-electron chi connectivity index (χ3n) is 3.54. The summed E-state index contributed by atoms with van der Waals surface area (Å²) in [7, 11) is 0. The minimum absolute atomic E-state index is 0.0890. The summed E-state index contributed by atoms with van der Waals surface area (Å²) >= 11 is 0. The highest BCUT2D eigenvalue weighted by atomic mass is 16.5. The van der Waals surface area contributed by atoms with Crippen molar-refractivity contribution < 1.29 is 14.3 Å². The summed E-state index contributed by atoms with van der Waals surface area (Å²) < 4.78 is 6.17. The van der Waals surface area contributed by atoms with Gasteiger partial charge in [-0.2, -0.15) is 0 Å². The van der Waals surface area contributed by atoms with E-state index < -0.39 is 11.5 Å². The zero-order valence-corrected chi connectivity index (χ0v) is 13.5. The molecule has 0 aliphatic heterocycles. The SMILES string of the molecule is CCOC(=O)Cn1c(C)cc(-c2ccccc2)c(C(C)=O)c1=O. The molecule has 1 aromatic carbocycles. The first kappa shape index (κ1) is 16.7. The summed E-state index contributed by atoms with van der Waals surface area (Å²) in [6, 6.07) is 11.0. The molecule has 0 radical (unpaired) electrons. The maximum absolute atomic E-state index is 12.7. The van der Waals surface area contributed by atoms with Crippen molar-refractivity contribution in [1.82, 2.24) is 4.57 Å². The number of rotatable bonds is 5. The van der Waals surface area contributed by atoms with Crippen molar-refractivity contribution in [3.63, 3.8) is 0 Å². The molecule has 0 amide bonds. The molecule has 5 nitrogen and oxygen atoms in total. The number of ketones is 1. The molecule has 0 fully saturated rings. The molecule has 2 rings (SSSR count). The van der Waals surface area contributed by atoms with E-state index in [4.69, 9.17) is 4.74 Å². The first-order chi connectivity index (χ1) is 11.0. The Bertz CT molecular complexity index is 791. The van der Waals surface area contributed by atoms with Crippen molar-refractivity contribution in [2.75, 3.05) is 6.61 Å². The monoisotopic (exact) mass is 313 g/mol. The molecule has 120 valence electrons. The molecule has 1 aromatic heterocycles. The maximum atomic E-state index is 12.7. The van der Waals surface area contributed by atoms with Gasteiger partial charge in [-0.25, -0.2) is 0 Å². The number of carbonyl (C=O) groups excluding carboxylic acids is 2. The summed E-state index contributed by atoms with van der Waals surface area (Å²) in [5.74, 6) is -0.828. The van der Waals surface area contributed by atoms with Gasteiger partial charge in [0.1, 0.15) is 6.54 Å². The number of carbonyl (C=O) groups is 2. The van der Waals surface area contributed by atoms with Crippen LogP contribution in [0.1, 0.15) is 29.9 Å². The van der Waals surface area contributed by atoms with Gasteiger partial charge in [0.15, 0.2) is 5.78 Å². The number of Topliss-reactive ketones (excluding diaryl/α,β-unsaturated/α-hetero) is 1. The van der Waals surface area contributed by atoms with Gasteiger partial charge in [-0.15, -0.1) is 0 Å². The van der Waals surface area contributed by atoms with Crippen LogP contribution in [0.2, 0.25) is 0 Å². The number of hydrogen-bond acceptors (Lipinski definition) is 4. The Morgan fingerprint density at radius 3 is 2.39 bits per heavy atom. The Hall–Kier alpha value is -2.69. The highest BCUT2D eigenvalue weighted by Gasteiger charge is 2.19. The number of aromatic nitrogens is 1. The van der Waals surface area contributed by atoms with Gasteiger partial charge in [0.25, 0.3) is 5.56 Å². The quantitative estimate of drug-likeness (QED) is 0.628. The Morgan fingerprint density at radius 1 is 1.17 bits per heavy atom. The normalized spacial score (nSPS) is 10.4. The molecule has 5 heteroatoms. The highest BCUT2D eigenvalue weighted by molar-refractivity contribution is 6.00. The van der Waals surface area contributed by atoms with Gasteiger partial charge < -0.3 is 9.30 Å². The van der Waals surface area contributed by atoms with Crippen LogP contribution in [0.3, 0.4) is 0 Å². The van der Waals surface area contributed by atoms with E-state index in [2.05, 4.69) is 0 Å². The average molecular weight is 313 g/mol. The molecule has 1 heterocycles. The minimum atomic E-state index is -0.500. The Balaban J connectivity index is 2.62. The average Bonchev–Trinajstić information content (AvgIpc) is 2.51. The summed E-state index contributed by atoms with van der Waals surface area (Å²) in [4.78, 5) is 36.4. The van der Waals surface area contributed by atoms with E-state index in [-0.39, 0.29) is 24.5 Å². The number of pyridine rings is 1. The highest BCUT2D eigenvalue weighted by Crippen LogP contribution is 2.23. The van der Waals surface area contributed by atoms with Gasteiger partial charge in [0, 0.05) is 5.69 Å². The molecule has 0 aliphatic rings. The van der Waals surface area contributed by atoms with Gasteiger partial charge in [0.05, 0.1) is 12.2 Å². The smallest absolute Gasteiger partial charge is 0.326 e. The molecular weight excluding hydrogens is 294 g/mol. The molecule has 0 saturated carbocycles. The largest absolute Gasteiger partial charge is 0.465 e. The molecule has 0 unspecified atom stereocenters. The summed E-state index contributed by atoms with van der Waals surface area (Å²) in [5.41, 5.74) is 1.60. The van der Waals surface area contributed by atoms with Crippen LogP contribution in [-0.2, 0) is 16.1 Å². The van der Waals surface area contributed by atoms with Crippen LogP contribution < -0.4 is 5.56 Å². The maximum Gasteiger partial charge on any atom is 0.326 e. The number of benzene rings is 1. The van der Waals surface area contributed by atoms with Crippen LogP contribution in [0.5, 0.6) is 0 Å². The standard InChI is InChI=1S/C18H19NO4/c1-4-23-16(21)11-19-12(2)10-15(14-8-6-5-7-9-14)17(13(3)20)18(19)22/h5-10H,4,11H2,1-3H3. The molecule has 0 N–H and O–H groups in total. The van der Waals surface area contributed by atoms with Crippen LogP contribution in [0.15, 0.2) is 41.2 Å². The zero-order valence-electron chi connectivity index (χ0n) is 13.5. The molecule has 23 heavy (non-hydrogen) atoms. The second kappa shape index (κ2) is 7.05. The molecule has 0 atom stereocenters.